The van der Waals surface area contributed by atoms with Crippen LogP contribution in [-0.4, -0.2) is 43.4 Å². The van der Waals surface area contributed by atoms with Crippen LogP contribution in [0.4, 0.5) is 0 Å². The summed E-state index contributed by atoms with van der Waals surface area (Å²) in [5, 5.41) is 0. The monoisotopic (exact) mass is 186 g/mol. The number of rotatable bonds is 1. The van der Waals surface area contributed by atoms with Gasteiger partial charge in [-0.25, -0.2) is 0 Å². The summed E-state index contributed by atoms with van der Waals surface area (Å²) in [6.07, 6.45) is 3.00. The molecule has 78 valence electrons. The van der Waals surface area contributed by atoms with E-state index in [4.69, 9.17) is 4.74 Å². The smallest absolute Gasteiger partial charge is 0.107 e. The zero-order valence-corrected chi connectivity index (χ0v) is 9.76. The van der Waals surface area contributed by atoms with Crippen LogP contribution in [-0.2, 0) is 4.74 Å². The van der Waals surface area contributed by atoms with Gasteiger partial charge in [0, 0.05) is 0 Å². The van der Waals surface area contributed by atoms with Crippen molar-refractivity contribution in [1.82, 2.24) is 0 Å². The van der Waals surface area contributed by atoms with Crippen LogP contribution < -0.4 is 0 Å². The first-order chi connectivity index (χ1) is 5.79. The van der Waals surface area contributed by atoms with E-state index < -0.39 is 0 Å². The van der Waals surface area contributed by atoms with Crippen molar-refractivity contribution in [3.05, 3.63) is 0 Å². The number of quaternary nitrogens is 1. The van der Waals surface area contributed by atoms with Gasteiger partial charge in [-0.2, -0.15) is 0 Å². The van der Waals surface area contributed by atoms with Crippen molar-refractivity contribution >= 4 is 0 Å². The van der Waals surface area contributed by atoms with E-state index in [2.05, 4.69) is 34.9 Å². The van der Waals surface area contributed by atoms with Crippen LogP contribution in [0.2, 0.25) is 0 Å². The van der Waals surface area contributed by atoms with E-state index in [-0.39, 0.29) is 5.60 Å². The molecule has 1 fully saturated rings. The Morgan fingerprint density at radius 1 is 1.23 bits per heavy atom. The van der Waals surface area contributed by atoms with Crippen molar-refractivity contribution in [1.29, 1.82) is 0 Å². The van der Waals surface area contributed by atoms with Crippen molar-refractivity contribution in [3.63, 3.8) is 0 Å². The number of likely N-dealkylation sites (tertiary alicyclic amines) is 1. The van der Waals surface area contributed by atoms with Crippen molar-refractivity contribution in [3.8, 4) is 0 Å². The Morgan fingerprint density at radius 2 is 1.85 bits per heavy atom. The molecule has 1 aliphatic heterocycles. The molecule has 0 N–H and O–H groups in total. The molecule has 1 aliphatic rings. The van der Waals surface area contributed by atoms with Gasteiger partial charge >= 0.3 is 0 Å². The van der Waals surface area contributed by atoms with Gasteiger partial charge in [-0.05, 0) is 33.6 Å². The lowest BCUT2D eigenvalue weighted by molar-refractivity contribution is -0.898. The normalized spacial score (nSPS) is 28.8. The lowest BCUT2D eigenvalue weighted by Crippen LogP contribution is -2.51. The highest BCUT2D eigenvalue weighted by Gasteiger charge is 2.30. The van der Waals surface area contributed by atoms with E-state index in [1.807, 2.05) is 0 Å². The topological polar surface area (TPSA) is 9.23 Å². The van der Waals surface area contributed by atoms with Crippen molar-refractivity contribution < 1.29 is 9.22 Å². The Hall–Kier alpha value is -0.0800. The van der Waals surface area contributed by atoms with E-state index in [1.165, 1.54) is 19.4 Å². The number of hydrogen-bond acceptors (Lipinski definition) is 1. The average Bonchev–Trinajstić information content (AvgIpc) is 1.79. The minimum atomic E-state index is 0.0159. The molecule has 13 heavy (non-hydrogen) atoms. The first kappa shape index (κ1) is 11.0. The molecule has 0 radical (unpaired) electrons. The molecule has 1 saturated heterocycles. The molecule has 2 nitrogen and oxygen atoms in total. The lowest BCUT2D eigenvalue weighted by atomic mass is 10.1. The first-order valence-electron chi connectivity index (χ1n) is 5.28. The van der Waals surface area contributed by atoms with Crippen molar-refractivity contribution in [2.75, 3.05) is 27.2 Å². The summed E-state index contributed by atoms with van der Waals surface area (Å²) in [4.78, 5) is 0. The van der Waals surface area contributed by atoms with Gasteiger partial charge in [-0.1, -0.05) is 0 Å². The van der Waals surface area contributed by atoms with Gasteiger partial charge in [0.2, 0.25) is 0 Å². The maximum Gasteiger partial charge on any atom is 0.107 e. The molecule has 2 heteroatoms. The van der Waals surface area contributed by atoms with Gasteiger partial charge in [0.1, 0.15) is 12.6 Å². The molecule has 0 aliphatic carbocycles. The van der Waals surface area contributed by atoms with Crippen molar-refractivity contribution in [2.24, 2.45) is 0 Å². The average molecular weight is 186 g/mol. The van der Waals surface area contributed by atoms with Gasteiger partial charge in [0.15, 0.2) is 0 Å². The van der Waals surface area contributed by atoms with E-state index in [0.29, 0.717) is 6.10 Å². The van der Waals surface area contributed by atoms with Gasteiger partial charge in [0.05, 0.1) is 26.2 Å². The second kappa shape index (κ2) is 3.58. The SMILES string of the molecule is CC(C)(C)OC1CCC[N+](C)(C)C1. The van der Waals surface area contributed by atoms with Crippen LogP contribution in [0.25, 0.3) is 0 Å². The third-order valence-corrected chi connectivity index (χ3v) is 2.51. The molecule has 1 atom stereocenters. The predicted octanol–water partition coefficient (Wildman–Crippen LogP) is 2.04. The van der Waals surface area contributed by atoms with Crippen LogP contribution in [0.1, 0.15) is 33.6 Å². The zero-order valence-electron chi connectivity index (χ0n) is 9.76. The summed E-state index contributed by atoms with van der Waals surface area (Å²) in [5.74, 6) is 0. The highest BCUT2D eigenvalue weighted by molar-refractivity contribution is 4.69. The summed E-state index contributed by atoms with van der Waals surface area (Å²) >= 11 is 0. The van der Waals surface area contributed by atoms with E-state index >= 15 is 0 Å². The van der Waals surface area contributed by atoms with Crippen LogP contribution in [0.3, 0.4) is 0 Å². The van der Waals surface area contributed by atoms with E-state index in [1.54, 1.807) is 0 Å². The molecule has 0 aromatic rings. The van der Waals surface area contributed by atoms with Gasteiger partial charge in [0.25, 0.3) is 0 Å². The van der Waals surface area contributed by atoms with Gasteiger partial charge < -0.3 is 9.22 Å². The molecular weight excluding hydrogens is 162 g/mol. The largest absolute Gasteiger partial charge is 0.367 e. The molecule has 0 bridgehead atoms. The van der Waals surface area contributed by atoms with E-state index in [9.17, 15) is 0 Å². The number of ether oxygens (including phenoxy) is 1. The third-order valence-electron chi connectivity index (χ3n) is 2.51. The quantitative estimate of drug-likeness (QED) is 0.569. The number of likely N-dealkylation sites (N-methyl/N-ethyl adjacent to an activating group) is 1. The molecule has 0 aromatic carbocycles. The minimum absolute atomic E-state index is 0.0159. The Morgan fingerprint density at radius 3 is 2.31 bits per heavy atom. The number of nitrogens with zero attached hydrogens (tertiary/aromatic N) is 1. The number of hydrogen-bond donors (Lipinski definition) is 0. The number of piperidine rings is 1. The fourth-order valence-corrected chi connectivity index (χ4v) is 2.08. The highest BCUT2D eigenvalue weighted by atomic mass is 16.5. The molecule has 0 amide bonds. The molecule has 1 rings (SSSR count). The van der Waals surface area contributed by atoms with Crippen LogP contribution >= 0.6 is 0 Å². The summed E-state index contributed by atoms with van der Waals surface area (Å²) in [6, 6.07) is 0. The predicted molar refractivity (Wildman–Crippen MR) is 55.7 cm³/mol. The summed E-state index contributed by atoms with van der Waals surface area (Å²) in [5.41, 5.74) is 0.0159. The molecule has 1 heterocycles. The maximum absolute atomic E-state index is 6.00. The molecule has 0 saturated carbocycles. The highest BCUT2D eigenvalue weighted by Crippen LogP contribution is 2.21. The third kappa shape index (κ3) is 4.10. The Labute approximate surface area is 82.5 Å². The molecule has 0 spiro atoms. The standard InChI is InChI=1S/C11H24NO/c1-11(2,3)13-10-7-6-8-12(4,5)9-10/h10H,6-9H2,1-5H3/q+1. The second-order valence-corrected chi connectivity index (χ2v) is 5.84. The zero-order chi connectivity index (χ0) is 10.1. The van der Waals surface area contributed by atoms with Crippen molar-refractivity contribution in [2.45, 2.75) is 45.3 Å². The summed E-state index contributed by atoms with van der Waals surface area (Å²) < 4.78 is 7.11. The van der Waals surface area contributed by atoms with Crippen LogP contribution in [0.15, 0.2) is 0 Å². The Balaban J connectivity index is 2.44. The fraction of sp³-hybridized carbons (Fsp3) is 1.00. The Kier molecular flexibility index (Phi) is 3.03. The molecule has 0 aromatic heterocycles. The van der Waals surface area contributed by atoms with Crippen LogP contribution in [0.5, 0.6) is 0 Å². The fourth-order valence-electron chi connectivity index (χ4n) is 2.08. The second-order valence-electron chi connectivity index (χ2n) is 5.84. The summed E-state index contributed by atoms with van der Waals surface area (Å²) in [7, 11) is 4.58. The van der Waals surface area contributed by atoms with Crippen LogP contribution in [0, 0.1) is 0 Å². The molecule has 1 unspecified atom stereocenters. The lowest BCUT2D eigenvalue weighted by Gasteiger charge is -2.40. The van der Waals surface area contributed by atoms with Gasteiger partial charge in [-0.3, -0.25) is 0 Å². The summed E-state index contributed by atoms with van der Waals surface area (Å²) in [6.45, 7) is 8.88. The first-order valence-corrected chi connectivity index (χ1v) is 5.28. The van der Waals surface area contributed by atoms with Gasteiger partial charge in [-0.15, -0.1) is 0 Å². The Bertz CT molecular complexity index is 167. The van der Waals surface area contributed by atoms with E-state index in [0.717, 1.165) is 11.0 Å². The maximum atomic E-state index is 6.00. The minimum Gasteiger partial charge on any atom is -0.367 e. The molecular formula is C11H24NO+.